The zero-order valence-electron chi connectivity index (χ0n) is 10.5. The van der Waals surface area contributed by atoms with E-state index in [1.165, 1.54) is 0 Å². The van der Waals surface area contributed by atoms with Crippen LogP contribution >= 0.6 is 0 Å². The van der Waals surface area contributed by atoms with Crippen molar-refractivity contribution in [1.29, 1.82) is 0 Å². The third kappa shape index (κ3) is 2.58. The van der Waals surface area contributed by atoms with E-state index >= 15 is 0 Å². The number of hydrogen-bond acceptors (Lipinski definition) is 3. The van der Waals surface area contributed by atoms with Crippen molar-refractivity contribution in [3.8, 4) is 0 Å². The maximum absolute atomic E-state index is 10.5. The summed E-state index contributed by atoms with van der Waals surface area (Å²) in [4.78, 5) is 0. The van der Waals surface area contributed by atoms with Gasteiger partial charge in [-0.15, -0.1) is 0 Å². The summed E-state index contributed by atoms with van der Waals surface area (Å²) in [5.74, 6) is 0.256. The molecule has 1 aliphatic carbocycles. The van der Waals surface area contributed by atoms with E-state index in [1.54, 1.807) is 0 Å². The summed E-state index contributed by atoms with van der Waals surface area (Å²) >= 11 is 0. The van der Waals surface area contributed by atoms with Crippen molar-refractivity contribution in [3.05, 3.63) is 0 Å². The van der Waals surface area contributed by atoms with Crippen molar-refractivity contribution in [1.82, 2.24) is 0 Å². The highest BCUT2D eigenvalue weighted by atomic mass is 16.7. The fraction of sp³-hybridized carbons (Fsp3) is 1.00. The van der Waals surface area contributed by atoms with Crippen molar-refractivity contribution in [2.24, 2.45) is 5.92 Å². The Kier molecular flexibility index (Phi) is 3.57. The Morgan fingerprint density at radius 3 is 2.19 bits per heavy atom. The summed E-state index contributed by atoms with van der Waals surface area (Å²) in [7, 11) is 0. The van der Waals surface area contributed by atoms with Crippen LogP contribution in [-0.2, 0) is 9.47 Å². The summed E-state index contributed by atoms with van der Waals surface area (Å²) in [5.41, 5.74) is -0.476. The molecule has 3 heteroatoms. The summed E-state index contributed by atoms with van der Waals surface area (Å²) in [6.07, 6.45) is 5.38. The van der Waals surface area contributed by atoms with E-state index in [-0.39, 0.29) is 5.79 Å². The molecule has 1 saturated heterocycles. The average Bonchev–Trinajstić information content (AvgIpc) is 2.72. The molecule has 1 N–H and O–H groups in total. The zero-order chi connectivity index (χ0) is 11.6. The van der Waals surface area contributed by atoms with Crippen LogP contribution in [0.1, 0.15) is 52.4 Å². The minimum Gasteiger partial charge on any atom is -0.390 e. The lowest BCUT2D eigenvalue weighted by atomic mass is 9.76. The molecule has 0 amide bonds. The average molecular weight is 228 g/mol. The van der Waals surface area contributed by atoms with Gasteiger partial charge in [-0.2, -0.15) is 0 Å². The third-order valence-corrected chi connectivity index (χ3v) is 4.18. The monoisotopic (exact) mass is 228 g/mol. The minimum absolute atomic E-state index is 0.346. The largest absolute Gasteiger partial charge is 0.390 e. The summed E-state index contributed by atoms with van der Waals surface area (Å²) in [6, 6.07) is 0. The van der Waals surface area contributed by atoms with Crippen molar-refractivity contribution >= 4 is 0 Å². The highest BCUT2D eigenvalue weighted by Crippen LogP contribution is 2.42. The molecule has 2 fully saturated rings. The predicted molar refractivity (Wildman–Crippen MR) is 62.1 cm³/mol. The smallest absolute Gasteiger partial charge is 0.168 e. The van der Waals surface area contributed by atoms with Crippen LogP contribution in [0, 0.1) is 5.92 Å². The van der Waals surface area contributed by atoms with E-state index in [2.05, 4.69) is 13.8 Å². The van der Waals surface area contributed by atoms with E-state index in [0.717, 1.165) is 38.5 Å². The van der Waals surface area contributed by atoms with Crippen LogP contribution in [0.15, 0.2) is 0 Å². The molecule has 1 atom stereocenters. The van der Waals surface area contributed by atoms with Crippen LogP contribution in [0.3, 0.4) is 0 Å². The van der Waals surface area contributed by atoms with E-state index < -0.39 is 5.60 Å². The molecule has 1 spiro atoms. The molecular formula is C13H24O3. The molecule has 0 aromatic rings. The normalized spacial score (nSPS) is 29.4. The first-order chi connectivity index (χ1) is 7.58. The molecule has 0 aromatic heterocycles. The number of aliphatic hydroxyl groups is 1. The Hall–Kier alpha value is -0.120. The van der Waals surface area contributed by atoms with E-state index in [0.29, 0.717) is 19.1 Å². The Labute approximate surface area is 98.1 Å². The van der Waals surface area contributed by atoms with Crippen LogP contribution in [0.2, 0.25) is 0 Å². The summed E-state index contributed by atoms with van der Waals surface area (Å²) < 4.78 is 11.3. The van der Waals surface area contributed by atoms with Gasteiger partial charge in [0.15, 0.2) is 5.79 Å². The van der Waals surface area contributed by atoms with Crippen molar-refractivity contribution in [2.45, 2.75) is 63.8 Å². The van der Waals surface area contributed by atoms with E-state index in [1.807, 2.05) is 0 Å². The molecule has 3 nitrogen and oxygen atoms in total. The highest BCUT2D eigenvalue weighted by Gasteiger charge is 2.45. The lowest BCUT2D eigenvalue weighted by Crippen LogP contribution is -2.44. The quantitative estimate of drug-likeness (QED) is 0.806. The standard InChI is InChI=1S/C13H24O3/c1-3-11(2)10-12(14)4-6-13(7-5-12)15-8-9-16-13/h11,14H,3-10H2,1-2H3. The molecule has 2 aliphatic rings. The molecule has 2 rings (SSSR count). The molecular weight excluding hydrogens is 204 g/mol. The van der Waals surface area contributed by atoms with Gasteiger partial charge in [0.25, 0.3) is 0 Å². The summed E-state index contributed by atoms with van der Waals surface area (Å²) in [6.45, 7) is 5.82. The van der Waals surface area contributed by atoms with E-state index in [9.17, 15) is 5.11 Å². The maximum Gasteiger partial charge on any atom is 0.168 e. The predicted octanol–water partition coefficient (Wildman–Crippen LogP) is 2.47. The van der Waals surface area contributed by atoms with Crippen molar-refractivity contribution < 1.29 is 14.6 Å². The second-order valence-corrected chi connectivity index (χ2v) is 5.55. The Bertz CT molecular complexity index is 223. The second kappa shape index (κ2) is 4.63. The number of hydrogen-bond donors (Lipinski definition) is 1. The Balaban J connectivity index is 1.87. The summed E-state index contributed by atoms with van der Waals surface area (Å²) in [5, 5.41) is 10.5. The molecule has 1 aliphatic heterocycles. The zero-order valence-corrected chi connectivity index (χ0v) is 10.5. The SMILES string of the molecule is CCC(C)CC1(O)CCC2(CC1)OCCO2. The molecule has 0 radical (unpaired) electrons. The molecule has 0 bridgehead atoms. The molecule has 1 saturated carbocycles. The van der Waals surface area contributed by atoms with Gasteiger partial charge in [-0.05, 0) is 25.2 Å². The molecule has 1 unspecified atom stereocenters. The fourth-order valence-corrected chi connectivity index (χ4v) is 2.88. The van der Waals surface area contributed by atoms with Gasteiger partial charge in [-0.1, -0.05) is 20.3 Å². The van der Waals surface area contributed by atoms with Gasteiger partial charge in [0.05, 0.1) is 18.8 Å². The van der Waals surface area contributed by atoms with Crippen LogP contribution in [0.25, 0.3) is 0 Å². The minimum atomic E-state index is -0.476. The van der Waals surface area contributed by atoms with Crippen LogP contribution < -0.4 is 0 Å². The van der Waals surface area contributed by atoms with Gasteiger partial charge in [0.1, 0.15) is 0 Å². The second-order valence-electron chi connectivity index (χ2n) is 5.55. The lowest BCUT2D eigenvalue weighted by Gasteiger charge is -2.41. The van der Waals surface area contributed by atoms with Gasteiger partial charge < -0.3 is 14.6 Å². The van der Waals surface area contributed by atoms with Gasteiger partial charge >= 0.3 is 0 Å². The first-order valence-electron chi connectivity index (χ1n) is 6.58. The topological polar surface area (TPSA) is 38.7 Å². The van der Waals surface area contributed by atoms with Crippen LogP contribution in [0.5, 0.6) is 0 Å². The molecule has 0 aromatic carbocycles. The van der Waals surface area contributed by atoms with Gasteiger partial charge in [0, 0.05) is 12.8 Å². The van der Waals surface area contributed by atoms with Crippen molar-refractivity contribution in [3.63, 3.8) is 0 Å². The van der Waals surface area contributed by atoms with Gasteiger partial charge in [-0.3, -0.25) is 0 Å². The number of ether oxygens (including phenoxy) is 2. The van der Waals surface area contributed by atoms with Crippen LogP contribution in [0.4, 0.5) is 0 Å². The van der Waals surface area contributed by atoms with Gasteiger partial charge in [-0.25, -0.2) is 0 Å². The van der Waals surface area contributed by atoms with E-state index in [4.69, 9.17) is 9.47 Å². The maximum atomic E-state index is 10.5. The molecule has 1 heterocycles. The first kappa shape index (κ1) is 12.3. The highest BCUT2D eigenvalue weighted by molar-refractivity contribution is 4.91. The Morgan fingerprint density at radius 1 is 1.12 bits per heavy atom. The molecule has 16 heavy (non-hydrogen) atoms. The van der Waals surface area contributed by atoms with Crippen molar-refractivity contribution in [2.75, 3.05) is 13.2 Å². The first-order valence-corrected chi connectivity index (χ1v) is 6.58. The van der Waals surface area contributed by atoms with Crippen LogP contribution in [-0.4, -0.2) is 29.7 Å². The fourth-order valence-electron chi connectivity index (χ4n) is 2.88. The third-order valence-electron chi connectivity index (χ3n) is 4.18. The Morgan fingerprint density at radius 2 is 1.69 bits per heavy atom. The number of rotatable bonds is 3. The molecule has 94 valence electrons. The lowest BCUT2D eigenvalue weighted by molar-refractivity contribution is -0.204. The van der Waals surface area contributed by atoms with Gasteiger partial charge in [0.2, 0.25) is 0 Å².